The zero-order valence-electron chi connectivity index (χ0n) is 20.7. The van der Waals surface area contributed by atoms with Gasteiger partial charge in [-0.15, -0.1) is 0 Å². The average Bonchev–Trinajstić information content (AvgIpc) is 2.83. The smallest absolute Gasteiger partial charge is 0.412 e. The van der Waals surface area contributed by atoms with Gasteiger partial charge in [-0.05, 0) is 57.2 Å². The van der Waals surface area contributed by atoms with Crippen LogP contribution in [0.5, 0.6) is 0 Å². The number of hydrogen-bond acceptors (Lipinski definition) is 9. The number of benzene rings is 2. The van der Waals surface area contributed by atoms with Crippen molar-refractivity contribution >= 4 is 27.6 Å². The molecule has 1 fully saturated rings. The van der Waals surface area contributed by atoms with Gasteiger partial charge in [-0.1, -0.05) is 12.1 Å². The summed E-state index contributed by atoms with van der Waals surface area (Å²) in [5.41, 5.74) is 1.03. The van der Waals surface area contributed by atoms with E-state index >= 15 is 0 Å². The maximum Gasteiger partial charge on any atom is 0.412 e. The molecule has 36 heavy (non-hydrogen) atoms. The number of aromatic nitrogens is 3. The minimum absolute atomic E-state index is 0.145. The molecule has 1 N–H and O–H groups in total. The zero-order chi connectivity index (χ0) is 25.9. The topological polar surface area (TPSA) is 124 Å². The fraction of sp³-hybridized carbons (Fsp3) is 0.360. The number of ether oxygens (including phenoxy) is 2. The number of carbonyl (C=O) groups is 1. The summed E-state index contributed by atoms with van der Waals surface area (Å²) in [6.45, 7) is 7.68. The number of carbonyl (C=O) groups excluding carboxylic acids is 1. The van der Waals surface area contributed by atoms with Crippen molar-refractivity contribution < 1.29 is 22.7 Å². The first-order chi connectivity index (χ1) is 17.0. The van der Waals surface area contributed by atoms with Crippen LogP contribution in [0, 0.1) is 0 Å². The molecule has 2 heterocycles. The number of sulfone groups is 1. The Morgan fingerprint density at radius 1 is 0.972 bits per heavy atom. The maximum atomic E-state index is 12.4. The lowest BCUT2D eigenvalue weighted by molar-refractivity contribution is 0.0636. The molecule has 2 aromatic carbocycles. The van der Waals surface area contributed by atoms with Crippen LogP contribution >= 0.6 is 0 Å². The first kappa shape index (κ1) is 25.5. The molecule has 0 saturated carbocycles. The standard InChI is InChI=1S/C25H29N5O5S/c1-25(2,3)35-24(31)26-18-11-9-17(10-12-18)21-27-22(19-7-5-6-8-20(19)36(4,32)33)29-23(28-21)30-13-15-34-16-14-30/h5-12H,13-16H2,1-4H3,(H,26,31). The third kappa shape index (κ3) is 6.35. The second kappa shape index (κ2) is 10.2. The maximum absolute atomic E-state index is 12.4. The van der Waals surface area contributed by atoms with Gasteiger partial charge in [-0.2, -0.15) is 9.97 Å². The quantitative estimate of drug-likeness (QED) is 0.545. The van der Waals surface area contributed by atoms with Gasteiger partial charge in [0.2, 0.25) is 5.95 Å². The van der Waals surface area contributed by atoms with Gasteiger partial charge >= 0.3 is 6.09 Å². The average molecular weight is 512 g/mol. The molecule has 0 radical (unpaired) electrons. The number of nitrogens with zero attached hydrogens (tertiary/aromatic N) is 4. The van der Waals surface area contributed by atoms with Crippen LogP contribution in [0.1, 0.15) is 20.8 Å². The largest absolute Gasteiger partial charge is 0.444 e. The van der Waals surface area contributed by atoms with Gasteiger partial charge < -0.3 is 14.4 Å². The third-order valence-electron chi connectivity index (χ3n) is 5.23. The Morgan fingerprint density at radius 3 is 2.25 bits per heavy atom. The summed E-state index contributed by atoms with van der Waals surface area (Å²) < 4.78 is 35.6. The lowest BCUT2D eigenvalue weighted by atomic mass is 10.1. The normalized spacial score (nSPS) is 14.4. The summed E-state index contributed by atoms with van der Waals surface area (Å²) in [5.74, 6) is 1.09. The molecule has 1 aliphatic rings. The fourth-order valence-electron chi connectivity index (χ4n) is 3.62. The van der Waals surface area contributed by atoms with Gasteiger partial charge in [-0.25, -0.2) is 18.2 Å². The van der Waals surface area contributed by atoms with Crippen LogP contribution in [0.15, 0.2) is 53.4 Å². The van der Waals surface area contributed by atoms with Gasteiger partial charge in [-0.3, -0.25) is 5.32 Å². The molecule has 1 aliphatic heterocycles. The molecule has 0 bridgehead atoms. The predicted octanol–water partition coefficient (Wildman–Crippen LogP) is 3.79. The molecule has 0 atom stereocenters. The monoisotopic (exact) mass is 511 g/mol. The van der Waals surface area contributed by atoms with Crippen molar-refractivity contribution in [1.29, 1.82) is 0 Å². The van der Waals surface area contributed by atoms with E-state index < -0.39 is 21.5 Å². The first-order valence-corrected chi connectivity index (χ1v) is 13.4. The summed E-state index contributed by atoms with van der Waals surface area (Å²) >= 11 is 0. The van der Waals surface area contributed by atoms with Crippen molar-refractivity contribution in [3.05, 3.63) is 48.5 Å². The number of anilines is 2. The van der Waals surface area contributed by atoms with Gasteiger partial charge in [0.15, 0.2) is 21.5 Å². The molecule has 10 nitrogen and oxygen atoms in total. The molecule has 0 spiro atoms. The van der Waals surface area contributed by atoms with E-state index in [1.165, 1.54) is 0 Å². The molecule has 190 valence electrons. The van der Waals surface area contributed by atoms with Crippen molar-refractivity contribution in [3.8, 4) is 22.8 Å². The minimum atomic E-state index is -3.51. The second-order valence-corrected chi connectivity index (χ2v) is 11.3. The summed E-state index contributed by atoms with van der Waals surface area (Å²) in [4.78, 5) is 28.1. The van der Waals surface area contributed by atoms with Gasteiger partial charge in [0.05, 0.1) is 18.1 Å². The highest BCUT2D eigenvalue weighted by Crippen LogP contribution is 2.29. The Balaban J connectivity index is 1.73. The highest BCUT2D eigenvalue weighted by atomic mass is 32.2. The lowest BCUT2D eigenvalue weighted by Crippen LogP contribution is -2.37. The summed E-state index contributed by atoms with van der Waals surface area (Å²) in [6.07, 6.45) is 0.609. The van der Waals surface area contributed by atoms with Gasteiger partial charge in [0, 0.05) is 36.2 Å². The summed E-state index contributed by atoms with van der Waals surface area (Å²) in [5, 5.41) is 2.70. The van der Waals surface area contributed by atoms with Crippen molar-refractivity contribution in [2.45, 2.75) is 31.3 Å². The van der Waals surface area contributed by atoms with Crippen molar-refractivity contribution in [1.82, 2.24) is 15.0 Å². The van der Waals surface area contributed by atoms with Crippen molar-refractivity contribution in [3.63, 3.8) is 0 Å². The highest BCUT2D eigenvalue weighted by Gasteiger charge is 2.22. The van der Waals surface area contributed by atoms with Gasteiger partial charge in [0.25, 0.3) is 0 Å². The van der Waals surface area contributed by atoms with E-state index in [1.807, 2.05) is 4.90 Å². The van der Waals surface area contributed by atoms with Crippen LogP contribution in [0.25, 0.3) is 22.8 Å². The van der Waals surface area contributed by atoms with E-state index in [9.17, 15) is 13.2 Å². The Hall–Kier alpha value is -3.57. The van der Waals surface area contributed by atoms with Crippen LogP contribution < -0.4 is 10.2 Å². The Bertz CT molecular complexity index is 1350. The van der Waals surface area contributed by atoms with Crippen LogP contribution in [-0.4, -0.2) is 67.6 Å². The minimum Gasteiger partial charge on any atom is -0.444 e. The van der Waals surface area contributed by atoms with E-state index in [4.69, 9.17) is 9.47 Å². The van der Waals surface area contributed by atoms with Crippen molar-refractivity contribution in [2.75, 3.05) is 42.8 Å². The zero-order valence-corrected chi connectivity index (χ0v) is 21.5. The molecule has 0 unspecified atom stereocenters. The van der Waals surface area contributed by atoms with Crippen molar-refractivity contribution in [2.24, 2.45) is 0 Å². The molecule has 4 rings (SSSR count). The molecule has 11 heteroatoms. The Kier molecular flexibility index (Phi) is 7.23. The molecule has 1 saturated heterocycles. The molecular formula is C25H29N5O5S. The number of hydrogen-bond donors (Lipinski definition) is 1. The number of morpholine rings is 1. The fourth-order valence-corrected chi connectivity index (χ4v) is 4.50. The molecule has 1 aromatic heterocycles. The first-order valence-electron chi connectivity index (χ1n) is 11.5. The van der Waals surface area contributed by atoms with Crippen LogP contribution in [-0.2, 0) is 19.3 Å². The number of amides is 1. The second-order valence-electron chi connectivity index (χ2n) is 9.35. The highest BCUT2D eigenvalue weighted by molar-refractivity contribution is 7.90. The predicted molar refractivity (Wildman–Crippen MR) is 137 cm³/mol. The Morgan fingerprint density at radius 2 is 1.61 bits per heavy atom. The van der Waals surface area contributed by atoms with E-state index in [2.05, 4.69) is 20.3 Å². The van der Waals surface area contributed by atoms with E-state index in [1.54, 1.807) is 69.3 Å². The van der Waals surface area contributed by atoms with E-state index in [0.717, 1.165) is 6.26 Å². The van der Waals surface area contributed by atoms with E-state index in [-0.39, 0.29) is 10.7 Å². The number of rotatable bonds is 5. The molecule has 0 aliphatic carbocycles. The third-order valence-corrected chi connectivity index (χ3v) is 6.39. The lowest BCUT2D eigenvalue weighted by Gasteiger charge is -2.27. The summed E-state index contributed by atoms with van der Waals surface area (Å²) in [7, 11) is -3.51. The Labute approximate surface area is 210 Å². The van der Waals surface area contributed by atoms with Crippen LogP contribution in [0.2, 0.25) is 0 Å². The SMILES string of the molecule is CC(C)(C)OC(=O)Nc1ccc(-c2nc(-c3ccccc3S(C)(=O)=O)nc(N3CCOCC3)n2)cc1. The van der Waals surface area contributed by atoms with Crippen LogP contribution in [0.4, 0.5) is 16.4 Å². The molecule has 1 amide bonds. The molecular weight excluding hydrogens is 482 g/mol. The van der Waals surface area contributed by atoms with Crippen LogP contribution in [0.3, 0.4) is 0 Å². The summed E-state index contributed by atoms with van der Waals surface area (Å²) in [6, 6.07) is 13.6. The number of nitrogens with one attached hydrogen (secondary N) is 1. The van der Waals surface area contributed by atoms with E-state index in [0.29, 0.717) is 54.9 Å². The molecule has 3 aromatic rings. The van der Waals surface area contributed by atoms with Gasteiger partial charge in [0.1, 0.15) is 5.60 Å².